The minimum Gasteiger partial charge on any atom is -0.279 e. The largest absolute Gasteiger partial charge is 0.279 e. The highest BCUT2D eigenvalue weighted by molar-refractivity contribution is 7.87. The SMILES string of the molecule is Cc1ccc(S(=N)(=O)OC(C)C)cc1. The van der Waals surface area contributed by atoms with Crippen molar-refractivity contribution in [3.8, 4) is 0 Å². The van der Waals surface area contributed by atoms with Crippen LogP contribution in [0.1, 0.15) is 19.4 Å². The molecule has 1 atom stereocenters. The van der Waals surface area contributed by atoms with Gasteiger partial charge in [-0.3, -0.25) is 4.18 Å². The summed E-state index contributed by atoms with van der Waals surface area (Å²) < 4.78 is 24.4. The zero-order valence-electron chi connectivity index (χ0n) is 8.61. The maximum absolute atomic E-state index is 11.8. The Morgan fingerprint density at radius 1 is 1.29 bits per heavy atom. The Morgan fingerprint density at radius 2 is 1.79 bits per heavy atom. The molecule has 1 unspecified atom stereocenters. The minimum absolute atomic E-state index is 0.207. The lowest BCUT2D eigenvalue weighted by Crippen LogP contribution is -2.10. The summed E-state index contributed by atoms with van der Waals surface area (Å²) in [5.41, 5.74) is 1.08. The Hall–Kier alpha value is -0.870. The molecule has 1 rings (SSSR count). The van der Waals surface area contributed by atoms with Gasteiger partial charge in [-0.1, -0.05) is 17.7 Å². The Kier molecular flexibility index (Phi) is 3.29. The molecule has 0 fully saturated rings. The standard InChI is InChI=1S/C10H15NO2S/c1-8(2)13-14(11,12)10-6-4-9(3)5-7-10/h4-8,11H,1-3H3. The van der Waals surface area contributed by atoms with Gasteiger partial charge in [-0.15, -0.1) is 0 Å². The third-order valence-electron chi connectivity index (χ3n) is 1.66. The molecular weight excluding hydrogens is 198 g/mol. The number of hydrogen-bond donors (Lipinski definition) is 1. The quantitative estimate of drug-likeness (QED) is 0.839. The highest BCUT2D eigenvalue weighted by Crippen LogP contribution is 2.15. The second-order valence-corrected chi connectivity index (χ2v) is 5.13. The summed E-state index contributed by atoms with van der Waals surface area (Å²) in [5, 5.41) is 0. The fourth-order valence-electron chi connectivity index (χ4n) is 1.04. The van der Waals surface area contributed by atoms with Crippen LogP contribution in [0.4, 0.5) is 0 Å². The molecule has 0 saturated heterocycles. The fraction of sp³-hybridized carbons (Fsp3) is 0.400. The van der Waals surface area contributed by atoms with Crippen LogP contribution in [0.2, 0.25) is 0 Å². The van der Waals surface area contributed by atoms with E-state index in [0.717, 1.165) is 5.56 Å². The van der Waals surface area contributed by atoms with Crippen LogP contribution in [0.3, 0.4) is 0 Å². The van der Waals surface area contributed by atoms with Crippen molar-refractivity contribution in [1.82, 2.24) is 0 Å². The van der Waals surface area contributed by atoms with Crippen LogP contribution in [-0.4, -0.2) is 10.3 Å². The topological polar surface area (TPSA) is 50.2 Å². The molecule has 0 aromatic heterocycles. The first-order valence-electron chi connectivity index (χ1n) is 4.45. The molecule has 0 heterocycles. The van der Waals surface area contributed by atoms with Crippen LogP contribution in [0.5, 0.6) is 0 Å². The number of benzene rings is 1. The van der Waals surface area contributed by atoms with Crippen molar-refractivity contribution in [2.45, 2.75) is 31.8 Å². The van der Waals surface area contributed by atoms with E-state index in [1.54, 1.807) is 26.0 Å². The average Bonchev–Trinajstić information content (AvgIpc) is 2.02. The van der Waals surface area contributed by atoms with Crippen LogP contribution in [0.25, 0.3) is 0 Å². The van der Waals surface area contributed by atoms with Crippen LogP contribution in [-0.2, 0) is 14.2 Å². The van der Waals surface area contributed by atoms with E-state index in [4.69, 9.17) is 8.96 Å². The van der Waals surface area contributed by atoms with Gasteiger partial charge in [0.25, 0.3) is 0 Å². The predicted molar refractivity (Wildman–Crippen MR) is 56.5 cm³/mol. The number of aryl methyl sites for hydroxylation is 1. The van der Waals surface area contributed by atoms with Crippen molar-refractivity contribution in [1.29, 1.82) is 4.78 Å². The van der Waals surface area contributed by atoms with Crippen molar-refractivity contribution >= 4 is 10.0 Å². The number of nitrogens with one attached hydrogen (secondary N) is 1. The van der Waals surface area contributed by atoms with E-state index in [2.05, 4.69) is 0 Å². The molecule has 0 amide bonds. The van der Waals surface area contributed by atoms with Gasteiger partial charge < -0.3 is 0 Å². The van der Waals surface area contributed by atoms with Crippen molar-refractivity contribution in [3.63, 3.8) is 0 Å². The summed E-state index contributed by atoms with van der Waals surface area (Å²) >= 11 is 0. The van der Waals surface area contributed by atoms with Gasteiger partial charge in [0.2, 0.25) is 0 Å². The lowest BCUT2D eigenvalue weighted by molar-refractivity contribution is 0.263. The first-order chi connectivity index (χ1) is 6.42. The van der Waals surface area contributed by atoms with E-state index in [1.165, 1.54) is 0 Å². The first kappa shape index (κ1) is 11.2. The molecule has 1 aromatic carbocycles. The van der Waals surface area contributed by atoms with Gasteiger partial charge in [0.15, 0.2) is 10.0 Å². The molecule has 1 aromatic rings. The summed E-state index contributed by atoms with van der Waals surface area (Å²) in [6, 6.07) is 7.00. The number of hydrogen-bond acceptors (Lipinski definition) is 3. The minimum atomic E-state index is -3.08. The second kappa shape index (κ2) is 4.11. The summed E-state index contributed by atoms with van der Waals surface area (Å²) in [6.45, 7) is 5.48. The molecule has 0 radical (unpaired) electrons. The molecule has 1 N–H and O–H groups in total. The third-order valence-corrected chi connectivity index (χ3v) is 3.21. The van der Waals surface area contributed by atoms with Crippen molar-refractivity contribution in [3.05, 3.63) is 29.8 Å². The Labute approximate surface area is 85.3 Å². The zero-order valence-corrected chi connectivity index (χ0v) is 9.43. The predicted octanol–water partition coefficient (Wildman–Crippen LogP) is 2.74. The van der Waals surface area contributed by atoms with E-state index in [1.807, 2.05) is 19.1 Å². The second-order valence-electron chi connectivity index (χ2n) is 3.46. The lowest BCUT2D eigenvalue weighted by Gasteiger charge is -2.11. The Balaban J connectivity index is 2.99. The smallest absolute Gasteiger partial charge is 0.191 e. The van der Waals surface area contributed by atoms with Crippen LogP contribution >= 0.6 is 0 Å². The van der Waals surface area contributed by atoms with Crippen LogP contribution in [0, 0.1) is 11.7 Å². The molecule has 0 saturated carbocycles. The van der Waals surface area contributed by atoms with E-state index in [-0.39, 0.29) is 6.10 Å². The highest BCUT2D eigenvalue weighted by atomic mass is 32.2. The summed E-state index contributed by atoms with van der Waals surface area (Å²) in [4.78, 5) is 0.428. The Bertz CT molecular complexity index is 393. The zero-order chi connectivity index (χ0) is 10.8. The van der Waals surface area contributed by atoms with Gasteiger partial charge in [-0.05, 0) is 32.9 Å². The number of rotatable bonds is 3. The van der Waals surface area contributed by atoms with Gasteiger partial charge in [0.1, 0.15) is 0 Å². The molecule has 0 bridgehead atoms. The normalized spacial score (nSPS) is 15.4. The molecule has 0 aliphatic rings. The molecule has 78 valence electrons. The monoisotopic (exact) mass is 213 g/mol. The van der Waals surface area contributed by atoms with Crippen LogP contribution < -0.4 is 0 Å². The summed E-state index contributed by atoms with van der Waals surface area (Å²) in [5.74, 6) is 0. The summed E-state index contributed by atoms with van der Waals surface area (Å²) in [6.07, 6.45) is -0.207. The van der Waals surface area contributed by atoms with Crippen LogP contribution in [0.15, 0.2) is 29.2 Å². The van der Waals surface area contributed by atoms with E-state index >= 15 is 0 Å². The first-order valence-corrected chi connectivity index (χ1v) is 5.94. The van der Waals surface area contributed by atoms with Gasteiger partial charge in [-0.25, -0.2) is 8.99 Å². The van der Waals surface area contributed by atoms with Crippen molar-refractivity contribution in [2.75, 3.05) is 0 Å². The van der Waals surface area contributed by atoms with E-state index in [9.17, 15) is 4.21 Å². The van der Waals surface area contributed by atoms with Gasteiger partial charge in [0, 0.05) is 0 Å². The summed E-state index contributed by atoms with van der Waals surface area (Å²) in [7, 11) is -3.08. The van der Waals surface area contributed by atoms with Gasteiger partial charge >= 0.3 is 0 Å². The fourth-order valence-corrected chi connectivity index (χ4v) is 2.19. The average molecular weight is 213 g/mol. The maximum Gasteiger partial charge on any atom is 0.191 e. The molecule has 0 aliphatic carbocycles. The van der Waals surface area contributed by atoms with Crippen molar-refractivity contribution in [2.24, 2.45) is 0 Å². The molecule has 14 heavy (non-hydrogen) atoms. The van der Waals surface area contributed by atoms with Gasteiger partial charge in [0.05, 0.1) is 11.0 Å². The molecule has 0 spiro atoms. The van der Waals surface area contributed by atoms with Crippen molar-refractivity contribution < 1.29 is 8.39 Å². The molecule has 0 aliphatic heterocycles. The van der Waals surface area contributed by atoms with Gasteiger partial charge in [-0.2, -0.15) is 0 Å². The maximum atomic E-state index is 11.8. The molecule has 4 heteroatoms. The molecular formula is C10H15NO2S. The Morgan fingerprint density at radius 3 is 2.21 bits per heavy atom. The highest BCUT2D eigenvalue weighted by Gasteiger charge is 2.11. The molecule has 3 nitrogen and oxygen atoms in total. The third kappa shape index (κ3) is 2.82. The van der Waals surface area contributed by atoms with E-state index in [0.29, 0.717) is 4.90 Å². The van der Waals surface area contributed by atoms with E-state index < -0.39 is 10.0 Å². The lowest BCUT2D eigenvalue weighted by atomic mass is 10.2.